The summed E-state index contributed by atoms with van der Waals surface area (Å²) in [5.74, 6) is -1.24. The van der Waals surface area contributed by atoms with E-state index in [0.717, 1.165) is 6.42 Å². The Morgan fingerprint density at radius 3 is 2.79 bits per heavy atom. The monoisotopic (exact) mass is 197 g/mol. The van der Waals surface area contributed by atoms with Gasteiger partial charge in [-0.1, -0.05) is 0 Å². The van der Waals surface area contributed by atoms with Gasteiger partial charge in [0.2, 0.25) is 5.91 Å². The number of amides is 1. The lowest BCUT2D eigenvalue weighted by molar-refractivity contribution is -0.137. The van der Waals surface area contributed by atoms with Crippen molar-refractivity contribution in [2.75, 3.05) is 6.54 Å². The Balaban J connectivity index is 3.45. The molecule has 78 valence electrons. The van der Waals surface area contributed by atoms with E-state index in [1.807, 2.05) is 13.0 Å². The number of hydrogen-bond acceptors (Lipinski definition) is 2. The van der Waals surface area contributed by atoms with Crippen molar-refractivity contribution in [2.45, 2.75) is 26.2 Å². The zero-order valence-electron chi connectivity index (χ0n) is 8.25. The van der Waals surface area contributed by atoms with Gasteiger partial charge in [-0.15, -0.1) is 5.73 Å². The summed E-state index contributed by atoms with van der Waals surface area (Å²) in [7, 11) is 0. The molecule has 0 spiro atoms. The molecule has 0 saturated heterocycles. The Labute approximate surface area is 83.3 Å². The smallest absolute Gasteiger partial charge is 0.322 e. The summed E-state index contributed by atoms with van der Waals surface area (Å²) >= 11 is 0. The van der Waals surface area contributed by atoms with Crippen LogP contribution in [0.15, 0.2) is 17.9 Å². The zero-order chi connectivity index (χ0) is 10.8. The van der Waals surface area contributed by atoms with Gasteiger partial charge in [-0.05, 0) is 31.9 Å². The second-order valence-corrected chi connectivity index (χ2v) is 2.72. The van der Waals surface area contributed by atoms with E-state index in [9.17, 15) is 9.59 Å². The molecule has 2 N–H and O–H groups in total. The van der Waals surface area contributed by atoms with Crippen molar-refractivity contribution >= 4 is 11.9 Å². The quantitative estimate of drug-likeness (QED) is 0.494. The Morgan fingerprint density at radius 1 is 1.50 bits per heavy atom. The first-order valence-electron chi connectivity index (χ1n) is 4.51. The topological polar surface area (TPSA) is 66.4 Å². The van der Waals surface area contributed by atoms with E-state index in [2.05, 4.69) is 11.0 Å². The Morgan fingerprint density at radius 2 is 2.21 bits per heavy atom. The molecule has 4 nitrogen and oxygen atoms in total. The lowest BCUT2D eigenvalue weighted by Crippen LogP contribution is -2.28. The number of carboxylic acids is 1. The van der Waals surface area contributed by atoms with Crippen LogP contribution in [-0.2, 0) is 9.59 Å². The summed E-state index contributed by atoms with van der Waals surface area (Å²) in [6, 6.07) is 0. The van der Waals surface area contributed by atoms with Crippen molar-refractivity contribution in [3.63, 3.8) is 0 Å². The number of carbonyl (C=O) groups excluding carboxylic acids is 1. The number of unbranched alkanes of at least 4 members (excludes halogenated alkanes) is 1. The predicted molar refractivity (Wildman–Crippen MR) is 52.8 cm³/mol. The van der Waals surface area contributed by atoms with Crippen LogP contribution >= 0.6 is 0 Å². The number of hydrogen-bond donors (Lipinski definition) is 2. The third kappa shape index (κ3) is 8.56. The van der Waals surface area contributed by atoms with Crippen molar-refractivity contribution in [1.29, 1.82) is 0 Å². The molecule has 0 aromatic heterocycles. The van der Waals surface area contributed by atoms with E-state index < -0.39 is 5.97 Å². The van der Waals surface area contributed by atoms with Crippen LogP contribution in [0.3, 0.4) is 0 Å². The first-order valence-corrected chi connectivity index (χ1v) is 4.51. The summed E-state index contributed by atoms with van der Waals surface area (Å²) < 4.78 is 0. The highest BCUT2D eigenvalue weighted by atomic mass is 16.4. The highest BCUT2D eigenvalue weighted by Crippen LogP contribution is 1.95. The third-order valence-corrected chi connectivity index (χ3v) is 1.47. The number of nitrogens with one attached hydrogen (secondary N) is 1. The maximum atomic E-state index is 11.0. The molecule has 0 aliphatic carbocycles. The van der Waals surface area contributed by atoms with Gasteiger partial charge in [0.1, 0.15) is 6.54 Å². The number of rotatable bonds is 6. The summed E-state index contributed by atoms with van der Waals surface area (Å²) in [5.41, 5.74) is 2.90. The van der Waals surface area contributed by atoms with Crippen molar-refractivity contribution in [3.8, 4) is 0 Å². The highest BCUT2D eigenvalue weighted by molar-refractivity contribution is 5.80. The normalized spacial score (nSPS) is 8.64. The predicted octanol–water partition coefficient (Wildman–Crippen LogP) is 1.09. The second kappa shape index (κ2) is 8.08. The molecule has 4 heteroatoms. The molecule has 0 radical (unpaired) electrons. The van der Waals surface area contributed by atoms with Crippen molar-refractivity contribution in [2.24, 2.45) is 0 Å². The fourth-order valence-corrected chi connectivity index (χ4v) is 0.828. The summed E-state index contributed by atoms with van der Waals surface area (Å²) in [6.07, 6.45) is 5.50. The number of carbonyl (C=O) groups is 2. The average Bonchev–Trinajstić information content (AvgIpc) is 2.14. The molecule has 0 aromatic rings. The first kappa shape index (κ1) is 12.5. The van der Waals surface area contributed by atoms with Gasteiger partial charge in [0, 0.05) is 6.42 Å². The summed E-state index contributed by atoms with van der Waals surface area (Å²) in [4.78, 5) is 21.0. The van der Waals surface area contributed by atoms with Gasteiger partial charge in [-0.2, -0.15) is 0 Å². The highest BCUT2D eigenvalue weighted by Gasteiger charge is 2.01. The third-order valence-electron chi connectivity index (χ3n) is 1.47. The van der Waals surface area contributed by atoms with Crippen LogP contribution < -0.4 is 5.32 Å². The minimum absolute atomic E-state index is 0.221. The minimum Gasteiger partial charge on any atom is -0.480 e. The SMILES string of the molecule is CC=C=CCCCC(=O)NCC(=O)O. The molecule has 0 rings (SSSR count). The number of carboxylic acid groups (broad SMARTS) is 1. The van der Waals surface area contributed by atoms with Gasteiger partial charge in [0.15, 0.2) is 0 Å². The average molecular weight is 197 g/mol. The van der Waals surface area contributed by atoms with Gasteiger partial charge in [0.05, 0.1) is 0 Å². The maximum Gasteiger partial charge on any atom is 0.322 e. The molecule has 0 atom stereocenters. The first-order chi connectivity index (χ1) is 6.66. The Hall–Kier alpha value is -1.54. The van der Waals surface area contributed by atoms with Crippen LogP contribution in [0.2, 0.25) is 0 Å². The van der Waals surface area contributed by atoms with Crippen LogP contribution in [0, 0.1) is 0 Å². The van der Waals surface area contributed by atoms with Crippen LogP contribution in [0.5, 0.6) is 0 Å². The van der Waals surface area contributed by atoms with Crippen molar-refractivity contribution in [3.05, 3.63) is 17.9 Å². The molecule has 0 heterocycles. The van der Waals surface area contributed by atoms with E-state index in [4.69, 9.17) is 5.11 Å². The fraction of sp³-hybridized carbons (Fsp3) is 0.500. The molecule has 0 bridgehead atoms. The van der Waals surface area contributed by atoms with Gasteiger partial charge < -0.3 is 10.4 Å². The molecule has 0 aromatic carbocycles. The molecule has 0 aliphatic heterocycles. The molecule has 0 aliphatic rings. The van der Waals surface area contributed by atoms with Crippen molar-refractivity contribution in [1.82, 2.24) is 5.32 Å². The fourth-order valence-electron chi connectivity index (χ4n) is 0.828. The van der Waals surface area contributed by atoms with E-state index in [1.54, 1.807) is 6.08 Å². The second-order valence-electron chi connectivity index (χ2n) is 2.72. The molecule has 0 unspecified atom stereocenters. The van der Waals surface area contributed by atoms with E-state index in [0.29, 0.717) is 12.8 Å². The lowest BCUT2D eigenvalue weighted by atomic mass is 10.2. The van der Waals surface area contributed by atoms with Crippen LogP contribution in [-0.4, -0.2) is 23.5 Å². The van der Waals surface area contributed by atoms with Gasteiger partial charge in [-0.3, -0.25) is 9.59 Å². The van der Waals surface area contributed by atoms with E-state index in [1.165, 1.54) is 0 Å². The number of aliphatic carboxylic acids is 1. The van der Waals surface area contributed by atoms with Crippen LogP contribution in [0.4, 0.5) is 0 Å². The molecular formula is C10H15NO3. The Bertz CT molecular complexity index is 252. The lowest BCUT2D eigenvalue weighted by Gasteiger charge is -1.99. The molecule has 14 heavy (non-hydrogen) atoms. The van der Waals surface area contributed by atoms with Crippen molar-refractivity contribution < 1.29 is 14.7 Å². The zero-order valence-corrected chi connectivity index (χ0v) is 8.25. The molecular weight excluding hydrogens is 182 g/mol. The largest absolute Gasteiger partial charge is 0.480 e. The van der Waals surface area contributed by atoms with Gasteiger partial charge >= 0.3 is 5.97 Å². The molecule has 0 fully saturated rings. The van der Waals surface area contributed by atoms with E-state index >= 15 is 0 Å². The molecule has 1 amide bonds. The minimum atomic E-state index is -1.02. The maximum absolute atomic E-state index is 11.0. The van der Waals surface area contributed by atoms with Gasteiger partial charge in [0.25, 0.3) is 0 Å². The van der Waals surface area contributed by atoms with Gasteiger partial charge in [-0.25, -0.2) is 0 Å². The Kier molecular flexibility index (Phi) is 7.19. The molecule has 0 saturated carbocycles. The van der Waals surface area contributed by atoms with Crippen LogP contribution in [0.1, 0.15) is 26.2 Å². The standard InChI is InChI=1S/C10H15NO3/c1-2-3-4-5-6-7-9(12)11-8-10(13)14/h2,4H,5-8H2,1H3,(H,11,12)(H,13,14). The number of allylic oxidation sites excluding steroid dienone is 1. The summed E-state index contributed by atoms with van der Waals surface area (Å²) in [5, 5.41) is 10.6. The van der Waals surface area contributed by atoms with Crippen LogP contribution in [0.25, 0.3) is 0 Å². The summed E-state index contributed by atoms with van der Waals surface area (Å²) in [6.45, 7) is 1.57. The van der Waals surface area contributed by atoms with E-state index in [-0.39, 0.29) is 12.5 Å².